The molecule has 0 bridgehead atoms. The van der Waals surface area contributed by atoms with Crippen molar-refractivity contribution in [3.05, 3.63) is 64.4 Å². The summed E-state index contributed by atoms with van der Waals surface area (Å²) in [5, 5.41) is 4.82. The summed E-state index contributed by atoms with van der Waals surface area (Å²) in [4.78, 5) is 2.26. The molecule has 138 valence electrons. The topological polar surface area (TPSA) is 15.3 Å². The fourth-order valence-corrected chi connectivity index (χ4v) is 3.91. The van der Waals surface area contributed by atoms with Crippen LogP contribution in [0.1, 0.15) is 43.2 Å². The van der Waals surface area contributed by atoms with E-state index in [4.69, 9.17) is 23.8 Å². The molecule has 0 spiro atoms. The average Bonchev–Trinajstić information content (AvgIpc) is 2.65. The molecule has 0 aromatic heterocycles. The first-order chi connectivity index (χ1) is 12.5. The first-order valence-corrected chi connectivity index (χ1v) is 9.90. The summed E-state index contributed by atoms with van der Waals surface area (Å²) in [6.07, 6.45) is 6.03. The average molecular weight is 391 g/mol. The number of rotatable bonds is 4. The zero-order valence-electron chi connectivity index (χ0n) is 15.0. The van der Waals surface area contributed by atoms with Gasteiger partial charge >= 0.3 is 0 Å². The summed E-state index contributed by atoms with van der Waals surface area (Å²) >= 11 is 11.9. The number of hydrogen-bond acceptors (Lipinski definition) is 1. The van der Waals surface area contributed by atoms with Crippen molar-refractivity contribution in [2.45, 2.75) is 51.6 Å². The van der Waals surface area contributed by atoms with Crippen molar-refractivity contribution in [1.82, 2.24) is 4.90 Å². The van der Waals surface area contributed by atoms with E-state index < -0.39 is 0 Å². The van der Waals surface area contributed by atoms with Crippen LogP contribution in [0.3, 0.4) is 0 Å². The van der Waals surface area contributed by atoms with Gasteiger partial charge in [-0.2, -0.15) is 0 Å². The van der Waals surface area contributed by atoms with Crippen LogP contribution in [0, 0.1) is 12.7 Å². The van der Waals surface area contributed by atoms with Crippen LogP contribution in [-0.2, 0) is 6.54 Å². The van der Waals surface area contributed by atoms with Gasteiger partial charge in [0.25, 0.3) is 0 Å². The van der Waals surface area contributed by atoms with Crippen LogP contribution in [0.5, 0.6) is 0 Å². The molecule has 0 heterocycles. The number of anilines is 1. The van der Waals surface area contributed by atoms with Crippen molar-refractivity contribution in [1.29, 1.82) is 0 Å². The standard InChI is InChI=1S/C21H24ClFN2S/c1-15-13-18(11-12-20(15)22)24-21(26)25(19-5-3-2-4-6-19)14-16-7-9-17(23)10-8-16/h7-13,19H,2-6,14H2,1H3,(H,24,26). The fourth-order valence-electron chi connectivity index (χ4n) is 3.46. The third-order valence-corrected chi connectivity index (χ3v) is 5.71. The van der Waals surface area contributed by atoms with Gasteiger partial charge in [0.1, 0.15) is 5.82 Å². The lowest BCUT2D eigenvalue weighted by Crippen LogP contribution is -2.43. The van der Waals surface area contributed by atoms with E-state index in [9.17, 15) is 4.39 Å². The molecule has 1 N–H and O–H groups in total. The molecule has 5 heteroatoms. The summed E-state index contributed by atoms with van der Waals surface area (Å²) in [6.45, 7) is 2.66. The molecule has 2 nitrogen and oxygen atoms in total. The molecule has 1 aliphatic carbocycles. The van der Waals surface area contributed by atoms with E-state index in [2.05, 4.69) is 10.2 Å². The van der Waals surface area contributed by atoms with Gasteiger partial charge in [0.2, 0.25) is 0 Å². The second-order valence-electron chi connectivity index (χ2n) is 6.94. The van der Waals surface area contributed by atoms with Crippen molar-refractivity contribution in [2.75, 3.05) is 5.32 Å². The van der Waals surface area contributed by atoms with Crippen LogP contribution in [0.25, 0.3) is 0 Å². The maximum atomic E-state index is 13.2. The molecule has 0 saturated heterocycles. The highest BCUT2D eigenvalue weighted by atomic mass is 35.5. The Balaban J connectivity index is 1.77. The SMILES string of the molecule is Cc1cc(NC(=S)N(Cc2ccc(F)cc2)C2CCCCC2)ccc1Cl. The molecule has 0 aliphatic heterocycles. The zero-order chi connectivity index (χ0) is 18.5. The number of benzene rings is 2. The number of nitrogens with one attached hydrogen (secondary N) is 1. The Morgan fingerprint density at radius 3 is 2.50 bits per heavy atom. The third kappa shape index (κ3) is 4.95. The van der Waals surface area contributed by atoms with E-state index in [-0.39, 0.29) is 5.82 Å². The van der Waals surface area contributed by atoms with Gasteiger partial charge in [-0.1, -0.05) is 43.0 Å². The first-order valence-electron chi connectivity index (χ1n) is 9.11. The Labute approximate surface area is 165 Å². The molecular formula is C21H24ClFN2S. The Hall–Kier alpha value is -1.65. The molecule has 1 saturated carbocycles. The van der Waals surface area contributed by atoms with Gasteiger partial charge in [-0.05, 0) is 73.4 Å². The predicted molar refractivity (Wildman–Crippen MR) is 111 cm³/mol. The van der Waals surface area contributed by atoms with Gasteiger partial charge < -0.3 is 10.2 Å². The third-order valence-electron chi connectivity index (χ3n) is 4.95. The van der Waals surface area contributed by atoms with Crippen LogP contribution in [0.15, 0.2) is 42.5 Å². The number of thiocarbonyl (C=S) groups is 1. The van der Waals surface area contributed by atoms with Gasteiger partial charge in [0.15, 0.2) is 5.11 Å². The largest absolute Gasteiger partial charge is 0.342 e. The summed E-state index contributed by atoms with van der Waals surface area (Å²) in [7, 11) is 0. The summed E-state index contributed by atoms with van der Waals surface area (Å²) < 4.78 is 13.2. The van der Waals surface area contributed by atoms with Gasteiger partial charge in [-0.25, -0.2) is 4.39 Å². The van der Waals surface area contributed by atoms with Gasteiger partial charge in [-0.15, -0.1) is 0 Å². The van der Waals surface area contributed by atoms with Gasteiger partial charge in [0.05, 0.1) is 0 Å². The van der Waals surface area contributed by atoms with E-state index in [1.54, 1.807) is 0 Å². The van der Waals surface area contributed by atoms with Crippen molar-refractivity contribution in [3.8, 4) is 0 Å². The highest BCUT2D eigenvalue weighted by Crippen LogP contribution is 2.26. The Kier molecular flexibility index (Phi) is 6.49. The maximum absolute atomic E-state index is 13.2. The Bertz CT molecular complexity index is 757. The van der Waals surface area contributed by atoms with E-state index in [1.807, 2.05) is 37.3 Å². The van der Waals surface area contributed by atoms with Crippen LogP contribution >= 0.6 is 23.8 Å². The maximum Gasteiger partial charge on any atom is 0.173 e. The molecule has 0 amide bonds. The van der Waals surface area contributed by atoms with E-state index in [0.717, 1.165) is 34.7 Å². The molecule has 0 radical (unpaired) electrons. The number of aryl methyl sites for hydroxylation is 1. The highest BCUT2D eigenvalue weighted by molar-refractivity contribution is 7.80. The van der Waals surface area contributed by atoms with Crippen LogP contribution < -0.4 is 5.32 Å². The minimum absolute atomic E-state index is 0.213. The molecule has 1 fully saturated rings. The quantitative estimate of drug-likeness (QED) is 0.615. The van der Waals surface area contributed by atoms with Gasteiger partial charge in [-0.3, -0.25) is 0 Å². The normalized spacial score (nSPS) is 14.9. The summed E-state index contributed by atoms with van der Waals surface area (Å²) in [5.41, 5.74) is 3.02. The molecule has 26 heavy (non-hydrogen) atoms. The number of nitrogens with zero attached hydrogens (tertiary/aromatic N) is 1. The van der Waals surface area contributed by atoms with Crippen molar-refractivity contribution in [2.24, 2.45) is 0 Å². The monoisotopic (exact) mass is 390 g/mol. The molecule has 0 atom stereocenters. The lowest BCUT2D eigenvalue weighted by molar-refractivity contribution is 0.240. The minimum Gasteiger partial charge on any atom is -0.342 e. The molecule has 3 rings (SSSR count). The molecule has 2 aromatic carbocycles. The van der Waals surface area contributed by atoms with E-state index in [0.29, 0.717) is 17.7 Å². The van der Waals surface area contributed by atoms with Crippen molar-refractivity contribution >= 4 is 34.6 Å². The van der Waals surface area contributed by atoms with Crippen molar-refractivity contribution < 1.29 is 4.39 Å². The fraction of sp³-hybridized carbons (Fsp3) is 0.381. The smallest absolute Gasteiger partial charge is 0.173 e. The second-order valence-corrected chi connectivity index (χ2v) is 7.73. The van der Waals surface area contributed by atoms with Crippen LogP contribution in [0.4, 0.5) is 10.1 Å². The molecule has 0 unspecified atom stereocenters. The number of hydrogen-bond donors (Lipinski definition) is 1. The molecule has 2 aromatic rings. The molecular weight excluding hydrogens is 367 g/mol. The molecule has 1 aliphatic rings. The minimum atomic E-state index is -0.213. The highest BCUT2D eigenvalue weighted by Gasteiger charge is 2.23. The van der Waals surface area contributed by atoms with Crippen LogP contribution in [0.2, 0.25) is 5.02 Å². The zero-order valence-corrected chi connectivity index (χ0v) is 16.5. The lowest BCUT2D eigenvalue weighted by atomic mass is 9.94. The Morgan fingerprint density at radius 1 is 1.15 bits per heavy atom. The first kappa shape index (κ1) is 19.1. The van der Waals surface area contributed by atoms with E-state index in [1.165, 1.54) is 31.4 Å². The number of halogens is 2. The predicted octanol–water partition coefficient (Wildman–Crippen LogP) is 6.32. The summed E-state index contributed by atoms with van der Waals surface area (Å²) in [6, 6.07) is 12.9. The van der Waals surface area contributed by atoms with Crippen LogP contribution in [-0.4, -0.2) is 16.1 Å². The summed E-state index contributed by atoms with van der Waals surface area (Å²) in [5.74, 6) is -0.213. The van der Waals surface area contributed by atoms with E-state index >= 15 is 0 Å². The van der Waals surface area contributed by atoms with Crippen molar-refractivity contribution in [3.63, 3.8) is 0 Å². The van der Waals surface area contributed by atoms with Gasteiger partial charge in [0, 0.05) is 23.3 Å². The second kappa shape index (κ2) is 8.83. The Morgan fingerprint density at radius 2 is 1.85 bits per heavy atom. The lowest BCUT2D eigenvalue weighted by Gasteiger charge is -2.36.